The predicted octanol–water partition coefficient (Wildman–Crippen LogP) is 5.22. The van der Waals surface area contributed by atoms with Gasteiger partial charge in [0.15, 0.2) is 5.78 Å². The number of aryl methyl sites for hydroxylation is 2. The smallest absolute Gasteiger partial charge is 0.162 e. The van der Waals surface area contributed by atoms with Crippen LogP contribution in [0.5, 0.6) is 0 Å². The van der Waals surface area contributed by atoms with Gasteiger partial charge in [-0.2, -0.15) is 0 Å². The first kappa shape index (κ1) is 15.2. The molecule has 1 aromatic heterocycles. The van der Waals surface area contributed by atoms with Crippen molar-refractivity contribution in [3.05, 3.63) is 76.5 Å². The number of benzene rings is 2. The molecule has 114 valence electrons. The van der Waals surface area contributed by atoms with Crippen molar-refractivity contribution in [2.75, 3.05) is 0 Å². The SMILES string of the molecule is CC(=O)c1c(C)nc2ccccc2c1/C=C/c1cccc(C)c1. The summed E-state index contributed by atoms with van der Waals surface area (Å²) in [5.74, 6) is 0.0460. The summed E-state index contributed by atoms with van der Waals surface area (Å²) in [6, 6.07) is 16.2. The minimum absolute atomic E-state index is 0.0460. The molecule has 2 aromatic carbocycles. The molecule has 0 N–H and O–H groups in total. The van der Waals surface area contributed by atoms with Gasteiger partial charge in [0.2, 0.25) is 0 Å². The van der Waals surface area contributed by atoms with Crippen LogP contribution in [0.3, 0.4) is 0 Å². The quantitative estimate of drug-likeness (QED) is 0.620. The highest BCUT2D eigenvalue weighted by molar-refractivity contribution is 6.05. The van der Waals surface area contributed by atoms with Crippen molar-refractivity contribution in [3.63, 3.8) is 0 Å². The Kier molecular flexibility index (Phi) is 4.07. The van der Waals surface area contributed by atoms with Crippen molar-refractivity contribution in [1.29, 1.82) is 0 Å². The average Bonchev–Trinajstić information content (AvgIpc) is 2.51. The molecule has 23 heavy (non-hydrogen) atoms. The normalized spacial score (nSPS) is 11.3. The van der Waals surface area contributed by atoms with Gasteiger partial charge in [-0.3, -0.25) is 9.78 Å². The van der Waals surface area contributed by atoms with E-state index >= 15 is 0 Å². The zero-order valence-electron chi connectivity index (χ0n) is 13.6. The summed E-state index contributed by atoms with van der Waals surface area (Å²) in [5.41, 5.74) is 5.68. The molecular weight excluding hydrogens is 282 g/mol. The lowest BCUT2D eigenvalue weighted by Crippen LogP contribution is -2.03. The van der Waals surface area contributed by atoms with E-state index in [1.54, 1.807) is 6.92 Å². The molecule has 2 heteroatoms. The summed E-state index contributed by atoms with van der Waals surface area (Å²) in [5, 5.41) is 1.01. The summed E-state index contributed by atoms with van der Waals surface area (Å²) in [6.45, 7) is 5.57. The molecule has 0 fully saturated rings. The Morgan fingerprint density at radius 2 is 1.78 bits per heavy atom. The van der Waals surface area contributed by atoms with Gasteiger partial charge in [0.05, 0.1) is 5.52 Å². The van der Waals surface area contributed by atoms with Crippen LogP contribution in [0.25, 0.3) is 23.1 Å². The second-order valence-electron chi connectivity index (χ2n) is 5.81. The highest BCUT2D eigenvalue weighted by Crippen LogP contribution is 2.26. The van der Waals surface area contributed by atoms with Gasteiger partial charge in [-0.1, -0.05) is 60.2 Å². The molecule has 3 aromatic rings. The third-order valence-corrected chi connectivity index (χ3v) is 3.95. The van der Waals surface area contributed by atoms with Crippen LogP contribution >= 0.6 is 0 Å². The van der Waals surface area contributed by atoms with Gasteiger partial charge in [-0.15, -0.1) is 0 Å². The van der Waals surface area contributed by atoms with Gasteiger partial charge in [-0.05, 0) is 38.0 Å². The maximum absolute atomic E-state index is 12.1. The topological polar surface area (TPSA) is 30.0 Å². The fourth-order valence-electron chi connectivity index (χ4n) is 2.94. The maximum atomic E-state index is 12.1. The molecule has 0 radical (unpaired) electrons. The van der Waals surface area contributed by atoms with Crippen LogP contribution in [0.1, 0.15) is 39.7 Å². The number of nitrogens with zero attached hydrogens (tertiary/aromatic N) is 1. The minimum atomic E-state index is 0.0460. The molecule has 0 atom stereocenters. The van der Waals surface area contributed by atoms with E-state index in [9.17, 15) is 4.79 Å². The van der Waals surface area contributed by atoms with Crippen LogP contribution in [0.15, 0.2) is 48.5 Å². The van der Waals surface area contributed by atoms with Crippen LogP contribution in [0, 0.1) is 13.8 Å². The maximum Gasteiger partial charge on any atom is 0.162 e. The van der Waals surface area contributed by atoms with Gasteiger partial charge in [0.1, 0.15) is 0 Å². The standard InChI is InChI=1S/C21H19NO/c1-14-7-6-8-17(13-14)11-12-19-18-9-4-5-10-20(18)22-15(2)21(19)16(3)23/h4-13H,1-3H3/b12-11+. The highest BCUT2D eigenvalue weighted by atomic mass is 16.1. The summed E-state index contributed by atoms with van der Waals surface area (Å²) < 4.78 is 0. The number of hydrogen-bond donors (Lipinski definition) is 0. The van der Waals surface area contributed by atoms with Crippen LogP contribution in [0.2, 0.25) is 0 Å². The van der Waals surface area contributed by atoms with Crippen LogP contribution < -0.4 is 0 Å². The summed E-state index contributed by atoms with van der Waals surface area (Å²) >= 11 is 0. The van der Waals surface area contributed by atoms with Crippen molar-refractivity contribution in [3.8, 4) is 0 Å². The lowest BCUT2D eigenvalue weighted by Gasteiger charge is -2.10. The van der Waals surface area contributed by atoms with E-state index in [2.05, 4.69) is 36.2 Å². The van der Waals surface area contributed by atoms with Crippen molar-refractivity contribution in [2.24, 2.45) is 0 Å². The van der Waals surface area contributed by atoms with E-state index in [4.69, 9.17) is 0 Å². The zero-order valence-corrected chi connectivity index (χ0v) is 13.6. The number of fused-ring (bicyclic) bond motifs is 1. The molecule has 0 amide bonds. The Hall–Kier alpha value is -2.74. The third-order valence-electron chi connectivity index (χ3n) is 3.95. The molecule has 0 bridgehead atoms. The van der Waals surface area contributed by atoms with Crippen molar-refractivity contribution in [1.82, 2.24) is 4.98 Å². The molecule has 0 aliphatic heterocycles. The number of para-hydroxylation sites is 1. The van der Waals surface area contributed by atoms with Crippen LogP contribution in [-0.2, 0) is 0 Å². The molecule has 0 unspecified atom stereocenters. The van der Waals surface area contributed by atoms with Crippen LogP contribution in [-0.4, -0.2) is 10.8 Å². The largest absolute Gasteiger partial charge is 0.294 e. The Bertz CT molecular complexity index is 922. The predicted molar refractivity (Wildman–Crippen MR) is 96.6 cm³/mol. The van der Waals surface area contributed by atoms with E-state index < -0.39 is 0 Å². The summed E-state index contributed by atoms with van der Waals surface area (Å²) in [7, 11) is 0. The van der Waals surface area contributed by atoms with E-state index in [1.165, 1.54) is 5.56 Å². The molecule has 0 spiro atoms. The van der Waals surface area contributed by atoms with E-state index in [0.29, 0.717) is 5.56 Å². The number of ketones is 1. The molecule has 0 aliphatic carbocycles. The lowest BCUT2D eigenvalue weighted by molar-refractivity contribution is 0.101. The van der Waals surface area contributed by atoms with Crippen LogP contribution in [0.4, 0.5) is 0 Å². The Labute approximate surface area is 136 Å². The van der Waals surface area contributed by atoms with E-state index in [0.717, 1.165) is 27.7 Å². The van der Waals surface area contributed by atoms with Crippen molar-refractivity contribution < 1.29 is 4.79 Å². The van der Waals surface area contributed by atoms with Gasteiger partial charge in [0, 0.05) is 16.6 Å². The molecule has 0 saturated carbocycles. The van der Waals surface area contributed by atoms with E-state index in [1.807, 2.05) is 43.3 Å². The summed E-state index contributed by atoms with van der Waals surface area (Å²) in [4.78, 5) is 16.7. The fraction of sp³-hybridized carbons (Fsp3) is 0.143. The number of carbonyl (C=O) groups excluding carboxylic acids is 1. The van der Waals surface area contributed by atoms with Crippen molar-refractivity contribution >= 4 is 28.8 Å². The summed E-state index contributed by atoms with van der Waals surface area (Å²) in [6.07, 6.45) is 4.09. The van der Waals surface area contributed by atoms with Gasteiger partial charge in [-0.25, -0.2) is 0 Å². The zero-order chi connectivity index (χ0) is 16.4. The second-order valence-corrected chi connectivity index (χ2v) is 5.81. The molecule has 3 rings (SSSR count). The number of rotatable bonds is 3. The molecule has 0 saturated heterocycles. The molecule has 0 aliphatic rings. The van der Waals surface area contributed by atoms with E-state index in [-0.39, 0.29) is 5.78 Å². The first-order chi connectivity index (χ1) is 11.1. The van der Waals surface area contributed by atoms with Gasteiger partial charge < -0.3 is 0 Å². The van der Waals surface area contributed by atoms with Gasteiger partial charge >= 0.3 is 0 Å². The first-order valence-corrected chi connectivity index (χ1v) is 7.71. The molecular formula is C21H19NO. The Morgan fingerprint density at radius 1 is 1.00 bits per heavy atom. The molecule has 1 heterocycles. The van der Waals surface area contributed by atoms with Gasteiger partial charge in [0.25, 0.3) is 0 Å². The highest BCUT2D eigenvalue weighted by Gasteiger charge is 2.13. The number of carbonyl (C=O) groups is 1. The number of Topliss-reactive ketones (excluding diaryl/α,β-unsaturated/α-hetero) is 1. The average molecular weight is 301 g/mol. The second kappa shape index (κ2) is 6.17. The lowest BCUT2D eigenvalue weighted by atomic mass is 9.97. The number of pyridine rings is 1. The molecule has 2 nitrogen and oxygen atoms in total. The Balaban J connectivity index is 2.22. The Morgan fingerprint density at radius 3 is 2.52 bits per heavy atom. The third kappa shape index (κ3) is 3.07. The van der Waals surface area contributed by atoms with Crippen molar-refractivity contribution in [2.45, 2.75) is 20.8 Å². The monoisotopic (exact) mass is 301 g/mol. The minimum Gasteiger partial charge on any atom is -0.294 e. The first-order valence-electron chi connectivity index (χ1n) is 7.71. The number of hydrogen-bond acceptors (Lipinski definition) is 2. The number of aromatic nitrogens is 1. The fourth-order valence-corrected chi connectivity index (χ4v) is 2.94.